The number of aromatic nitrogens is 2. The first-order chi connectivity index (χ1) is 11.8. The average Bonchev–Trinajstić information content (AvgIpc) is 2.99. The summed E-state index contributed by atoms with van der Waals surface area (Å²) in [5.74, 6) is 2.05. The van der Waals surface area contributed by atoms with Crippen LogP contribution < -0.4 is 4.90 Å². The highest BCUT2D eigenvalue weighted by molar-refractivity contribution is 7.19. The van der Waals surface area contributed by atoms with Gasteiger partial charge in [0.15, 0.2) is 0 Å². The molecule has 0 N–H and O–H groups in total. The normalized spacial score (nSPS) is 33.7. The number of hydrogen-bond acceptors (Lipinski definition) is 4. The monoisotopic (exact) mass is 355 g/mol. The largest absolute Gasteiger partial charge is 0.352 e. The second-order valence-electron chi connectivity index (χ2n) is 10.1. The zero-order chi connectivity index (χ0) is 17.4. The predicted molar refractivity (Wildman–Crippen MR) is 105 cm³/mol. The molecule has 2 aliphatic carbocycles. The lowest BCUT2D eigenvalue weighted by Gasteiger charge is -2.39. The molecule has 4 heteroatoms. The smallest absolute Gasteiger partial charge is 0.141 e. The van der Waals surface area contributed by atoms with E-state index in [4.69, 9.17) is 4.98 Å². The van der Waals surface area contributed by atoms with Crippen LogP contribution >= 0.6 is 11.3 Å². The van der Waals surface area contributed by atoms with Gasteiger partial charge in [-0.05, 0) is 60.8 Å². The van der Waals surface area contributed by atoms with Gasteiger partial charge in [0.2, 0.25) is 0 Å². The summed E-state index contributed by atoms with van der Waals surface area (Å²) in [6.07, 6.45) is 9.49. The lowest BCUT2D eigenvalue weighted by Crippen LogP contribution is -2.35. The fourth-order valence-electron chi connectivity index (χ4n) is 6.18. The molecule has 0 amide bonds. The molecule has 1 aliphatic heterocycles. The van der Waals surface area contributed by atoms with E-state index in [9.17, 15) is 0 Å². The molecule has 1 saturated heterocycles. The number of nitrogens with zero attached hydrogens (tertiary/aromatic N) is 3. The highest BCUT2D eigenvalue weighted by atomic mass is 32.1. The summed E-state index contributed by atoms with van der Waals surface area (Å²) in [5.41, 5.74) is 2.45. The maximum atomic E-state index is 4.85. The minimum absolute atomic E-state index is 0.439. The fourth-order valence-corrected chi connectivity index (χ4v) is 7.53. The van der Waals surface area contributed by atoms with Crippen LogP contribution in [0.15, 0.2) is 6.33 Å². The van der Waals surface area contributed by atoms with Crippen molar-refractivity contribution in [2.75, 3.05) is 11.4 Å². The first-order valence-electron chi connectivity index (χ1n) is 9.86. The van der Waals surface area contributed by atoms with Gasteiger partial charge in [0.1, 0.15) is 17.0 Å². The number of thiophene rings is 1. The van der Waals surface area contributed by atoms with E-state index in [2.05, 4.69) is 37.6 Å². The number of hydrogen-bond donors (Lipinski definition) is 0. The summed E-state index contributed by atoms with van der Waals surface area (Å²) >= 11 is 1.92. The Morgan fingerprint density at radius 2 is 2.04 bits per heavy atom. The third kappa shape index (κ3) is 2.51. The van der Waals surface area contributed by atoms with Crippen LogP contribution in [0.4, 0.5) is 5.82 Å². The van der Waals surface area contributed by atoms with Crippen LogP contribution in [0.2, 0.25) is 0 Å². The first kappa shape index (κ1) is 16.0. The fraction of sp³-hybridized carbons (Fsp3) is 0.714. The van der Waals surface area contributed by atoms with Gasteiger partial charge in [-0.25, -0.2) is 9.97 Å². The van der Waals surface area contributed by atoms with Crippen molar-refractivity contribution >= 4 is 27.4 Å². The molecule has 0 aromatic carbocycles. The van der Waals surface area contributed by atoms with Gasteiger partial charge >= 0.3 is 0 Å². The van der Waals surface area contributed by atoms with E-state index in [1.165, 1.54) is 54.6 Å². The number of aryl methyl sites for hydroxylation is 1. The number of rotatable bonds is 1. The van der Waals surface area contributed by atoms with E-state index in [0.717, 1.165) is 12.5 Å². The zero-order valence-electron chi connectivity index (χ0n) is 15.9. The Morgan fingerprint density at radius 1 is 1.20 bits per heavy atom. The van der Waals surface area contributed by atoms with E-state index in [1.807, 2.05) is 11.3 Å². The van der Waals surface area contributed by atoms with E-state index < -0.39 is 0 Å². The van der Waals surface area contributed by atoms with Crippen LogP contribution in [0.3, 0.4) is 0 Å². The Labute approximate surface area is 154 Å². The number of anilines is 1. The summed E-state index contributed by atoms with van der Waals surface area (Å²) in [5, 5.41) is 1.39. The molecule has 3 nitrogen and oxygen atoms in total. The standard InChI is InChI=1S/C21H29N3S/c1-13-5-6-15-16(7-13)25-19-17(15)18(22-12-23-19)24-11-21(4)9-14(24)8-20(2,3)10-21/h12-14H,5-11H2,1-4H3/t13-,14+,21+/m1/s1. The Kier molecular flexibility index (Phi) is 3.33. The van der Waals surface area contributed by atoms with E-state index in [0.29, 0.717) is 16.9 Å². The van der Waals surface area contributed by atoms with Crippen molar-refractivity contribution in [2.24, 2.45) is 16.7 Å². The van der Waals surface area contributed by atoms with Crippen molar-refractivity contribution in [2.45, 2.75) is 72.3 Å². The van der Waals surface area contributed by atoms with Gasteiger partial charge < -0.3 is 4.90 Å². The molecule has 0 unspecified atom stereocenters. The first-order valence-corrected chi connectivity index (χ1v) is 10.7. The van der Waals surface area contributed by atoms with Gasteiger partial charge in [0.25, 0.3) is 0 Å². The summed E-state index contributed by atoms with van der Waals surface area (Å²) in [6.45, 7) is 10.9. The molecule has 0 radical (unpaired) electrons. The second-order valence-corrected chi connectivity index (χ2v) is 11.2. The van der Waals surface area contributed by atoms with Crippen molar-refractivity contribution < 1.29 is 0 Å². The minimum atomic E-state index is 0.439. The summed E-state index contributed by atoms with van der Waals surface area (Å²) < 4.78 is 0. The lowest BCUT2D eigenvalue weighted by molar-refractivity contribution is 0.136. The molecule has 3 heterocycles. The van der Waals surface area contributed by atoms with Crippen molar-refractivity contribution in [1.29, 1.82) is 0 Å². The molecule has 134 valence electrons. The lowest BCUT2D eigenvalue weighted by atomic mass is 9.65. The minimum Gasteiger partial charge on any atom is -0.352 e. The Bertz CT molecular complexity index is 839. The van der Waals surface area contributed by atoms with Crippen molar-refractivity contribution in [1.82, 2.24) is 9.97 Å². The van der Waals surface area contributed by atoms with Gasteiger partial charge in [-0.3, -0.25) is 0 Å². The van der Waals surface area contributed by atoms with Gasteiger partial charge in [0.05, 0.1) is 5.39 Å². The van der Waals surface area contributed by atoms with Crippen LogP contribution in [0.5, 0.6) is 0 Å². The van der Waals surface area contributed by atoms with E-state index >= 15 is 0 Å². The van der Waals surface area contributed by atoms with Gasteiger partial charge in [-0.15, -0.1) is 11.3 Å². The maximum Gasteiger partial charge on any atom is 0.141 e. The number of fused-ring (bicyclic) bond motifs is 5. The predicted octanol–water partition coefficient (Wildman–Crippen LogP) is 5.22. The van der Waals surface area contributed by atoms with Crippen LogP contribution in [0, 0.1) is 16.7 Å². The SMILES string of the molecule is C[C@@H]1CCc2c(sc3ncnc(N4C[C@@]5(C)C[C@@H]4CC(C)(C)C5)c23)C1. The Balaban J connectivity index is 1.62. The van der Waals surface area contributed by atoms with Crippen molar-refractivity contribution in [3.8, 4) is 0 Å². The molecule has 2 fully saturated rings. The van der Waals surface area contributed by atoms with Crippen molar-refractivity contribution in [3.63, 3.8) is 0 Å². The highest BCUT2D eigenvalue weighted by Crippen LogP contribution is 2.54. The summed E-state index contributed by atoms with van der Waals surface area (Å²) in [7, 11) is 0. The molecular weight excluding hydrogens is 326 g/mol. The van der Waals surface area contributed by atoms with E-state index in [-0.39, 0.29) is 0 Å². The molecule has 2 bridgehead atoms. The molecule has 3 atom stereocenters. The average molecular weight is 356 g/mol. The molecule has 5 rings (SSSR count). The third-order valence-electron chi connectivity index (χ3n) is 6.76. The van der Waals surface area contributed by atoms with Crippen LogP contribution in [-0.2, 0) is 12.8 Å². The Hall–Kier alpha value is -1.16. The van der Waals surface area contributed by atoms with Crippen LogP contribution in [0.1, 0.15) is 63.8 Å². The molecule has 2 aromatic rings. The van der Waals surface area contributed by atoms with Gasteiger partial charge in [-0.2, -0.15) is 0 Å². The molecule has 1 saturated carbocycles. The zero-order valence-corrected chi connectivity index (χ0v) is 16.7. The topological polar surface area (TPSA) is 29.0 Å². The summed E-state index contributed by atoms with van der Waals surface area (Å²) in [6, 6.07) is 0.643. The quantitative estimate of drug-likeness (QED) is 0.702. The maximum absolute atomic E-state index is 4.85. The summed E-state index contributed by atoms with van der Waals surface area (Å²) in [4.78, 5) is 15.0. The molecule has 2 aromatic heterocycles. The highest BCUT2D eigenvalue weighted by Gasteiger charge is 2.50. The Morgan fingerprint density at radius 3 is 2.88 bits per heavy atom. The van der Waals surface area contributed by atoms with Gasteiger partial charge in [-0.1, -0.05) is 27.7 Å². The molecule has 3 aliphatic rings. The third-order valence-corrected chi connectivity index (χ3v) is 7.92. The van der Waals surface area contributed by atoms with Crippen LogP contribution in [0.25, 0.3) is 10.2 Å². The second kappa shape index (κ2) is 5.18. The molecular formula is C21H29N3S. The van der Waals surface area contributed by atoms with Crippen molar-refractivity contribution in [3.05, 3.63) is 16.8 Å². The molecule has 25 heavy (non-hydrogen) atoms. The molecule has 0 spiro atoms. The van der Waals surface area contributed by atoms with Gasteiger partial charge in [0, 0.05) is 17.5 Å². The van der Waals surface area contributed by atoms with Crippen LogP contribution in [-0.4, -0.2) is 22.6 Å². The van der Waals surface area contributed by atoms with E-state index in [1.54, 1.807) is 16.8 Å².